The van der Waals surface area contributed by atoms with Crippen molar-refractivity contribution in [3.63, 3.8) is 0 Å². The van der Waals surface area contributed by atoms with Crippen LogP contribution < -0.4 is 4.90 Å². The van der Waals surface area contributed by atoms with Crippen molar-refractivity contribution in [2.24, 2.45) is 0 Å². The number of carbonyl (C=O) groups excluding carboxylic acids is 1. The lowest BCUT2D eigenvalue weighted by molar-refractivity contribution is 0.0787. The minimum Gasteiger partial charge on any atom is -0.378 e. The molecule has 1 fully saturated rings. The van der Waals surface area contributed by atoms with Gasteiger partial charge in [-0.1, -0.05) is 48.5 Å². The van der Waals surface area contributed by atoms with Crippen LogP contribution in [0.2, 0.25) is 0 Å². The Morgan fingerprint density at radius 1 is 0.963 bits per heavy atom. The molecule has 3 aromatic rings. The zero-order valence-electron chi connectivity index (χ0n) is 15.6. The Hall–Kier alpha value is -2.85. The van der Waals surface area contributed by atoms with Gasteiger partial charge in [-0.2, -0.15) is 0 Å². The Kier molecular flexibility index (Phi) is 5.07. The van der Waals surface area contributed by atoms with E-state index in [1.54, 1.807) is 4.90 Å². The summed E-state index contributed by atoms with van der Waals surface area (Å²) in [7, 11) is 1.86. The molecule has 4 heteroatoms. The smallest absolute Gasteiger partial charge is 0.254 e. The summed E-state index contributed by atoms with van der Waals surface area (Å²) in [6, 6.07) is 22.4. The Morgan fingerprint density at radius 2 is 1.67 bits per heavy atom. The van der Waals surface area contributed by atoms with E-state index in [-0.39, 0.29) is 5.91 Å². The SMILES string of the molecule is CN(Cc1ccc(N2CCOCC2)cc1)C(=O)c1cccc2ccccc12. The number of hydrogen-bond donors (Lipinski definition) is 0. The summed E-state index contributed by atoms with van der Waals surface area (Å²) in [5.74, 6) is 0.0454. The van der Waals surface area contributed by atoms with Crippen molar-refractivity contribution >= 4 is 22.4 Å². The van der Waals surface area contributed by atoms with Gasteiger partial charge in [-0.25, -0.2) is 0 Å². The van der Waals surface area contributed by atoms with Gasteiger partial charge < -0.3 is 14.5 Å². The summed E-state index contributed by atoms with van der Waals surface area (Å²) in [6.07, 6.45) is 0. The van der Waals surface area contributed by atoms with E-state index in [0.29, 0.717) is 6.54 Å². The lowest BCUT2D eigenvalue weighted by atomic mass is 10.0. The molecule has 4 rings (SSSR count). The Bertz CT molecular complexity index is 925. The largest absolute Gasteiger partial charge is 0.378 e. The number of amides is 1. The van der Waals surface area contributed by atoms with E-state index in [1.165, 1.54) is 5.69 Å². The van der Waals surface area contributed by atoms with E-state index in [4.69, 9.17) is 4.74 Å². The molecule has 1 saturated heterocycles. The monoisotopic (exact) mass is 360 g/mol. The van der Waals surface area contributed by atoms with Crippen molar-refractivity contribution in [1.82, 2.24) is 4.90 Å². The lowest BCUT2D eigenvalue weighted by Gasteiger charge is -2.29. The number of anilines is 1. The van der Waals surface area contributed by atoms with E-state index >= 15 is 0 Å². The van der Waals surface area contributed by atoms with Gasteiger partial charge in [-0.05, 0) is 34.5 Å². The number of rotatable bonds is 4. The number of carbonyl (C=O) groups is 1. The quantitative estimate of drug-likeness (QED) is 0.706. The molecule has 1 amide bonds. The number of benzene rings is 3. The summed E-state index contributed by atoms with van der Waals surface area (Å²) in [5.41, 5.74) is 3.09. The van der Waals surface area contributed by atoms with Crippen molar-refractivity contribution in [3.05, 3.63) is 77.9 Å². The molecule has 0 bridgehead atoms. The second kappa shape index (κ2) is 7.80. The van der Waals surface area contributed by atoms with E-state index in [9.17, 15) is 4.79 Å². The Morgan fingerprint density at radius 3 is 2.44 bits per heavy atom. The van der Waals surface area contributed by atoms with Crippen LogP contribution in [0.3, 0.4) is 0 Å². The fraction of sp³-hybridized carbons (Fsp3) is 0.261. The highest BCUT2D eigenvalue weighted by atomic mass is 16.5. The van der Waals surface area contributed by atoms with E-state index < -0.39 is 0 Å². The molecular weight excluding hydrogens is 336 g/mol. The highest BCUT2D eigenvalue weighted by Gasteiger charge is 2.15. The number of morpholine rings is 1. The van der Waals surface area contributed by atoms with Gasteiger partial charge in [0.1, 0.15) is 0 Å². The first-order valence-corrected chi connectivity index (χ1v) is 9.37. The van der Waals surface area contributed by atoms with Crippen LogP contribution in [0.25, 0.3) is 10.8 Å². The number of fused-ring (bicyclic) bond motifs is 1. The maximum Gasteiger partial charge on any atom is 0.254 e. The third kappa shape index (κ3) is 3.81. The molecule has 0 atom stereocenters. The van der Waals surface area contributed by atoms with Crippen LogP contribution in [-0.2, 0) is 11.3 Å². The van der Waals surface area contributed by atoms with Gasteiger partial charge in [0.05, 0.1) is 13.2 Å². The third-order valence-corrected chi connectivity index (χ3v) is 5.10. The molecule has 1 heterocycles. The van der Waals surface area contributed by atoms with Crippen molar-refractivity contribution in [2.75, 3.05) is 38.3 Å². The predicted octanol–water partition coefficient (Wildman–Crippen LogP) is 3.95. The molecule has 3 aromatic carbocycles. The van der Waals surface area contributed by atoms with Crippen LogP contribution in [0.5, 0.6) is 0 Å². The van der Waals surface area contributed by atoms with Crippen LogP contribution in [0, 0.1) is 0 Å². The molecule has 1 aliphatic rings. The van der Waals surface area contributed by atoms with E-state index in [0.717, 1.165) is 48.2 Å². The van der Waals surface area contributed by atoms with E-state index in [1.807, 2.05) is 49.5 Å². The van der Waals surface area contributed by atoms with Gasteiger partial charge in [-0.15, -0.1) is 0 Å². The average molecular weight is 360 g/mol. The van der Waals surface area contributed by atoms with E-state index in [2.05, 4.69) is 29.2 Å². The predicted molar refractivity (Wildman–Crippen MR) is 109 cm³/mol. The normalized spacial score (nSPS) is 14.3. The average Bonchev–Trinajstić information content (AvgIpc) is 2.74. The molecule has 0 radical (unpaired) electrons. The van der Waals surface area contributed by atoms with Crippen molar-refractivity contribution < 1.29 is 9.53 Å². The van der Waals surface area contributed by atoms with Gasteiger partial charge in [0.25, 0.3) is 5.91 Å². The number of ether oxygens (including phenoxy) is 1. The molecule has 0 N–H and O–H groups in total. The summed E-state index contributed by atoms with van der Waals surface area (Å²) < 4.78 is 5.41. The maximum atomic E-state index is 13.0. The van der Waals surface area contributed by atoms with Gasteiger partial charge >= 0.3 is 0 Å². The van der Waals surface area contributed by atoms with Crippen LogP contribution in [0.1, 0.15) is 15.9 Å². The molecule has 0 unspecified atom stereocenters. The molecule has 4 nitrogen and oxygen atoms in total. The Labute approximate surface area is 160 Å². The summed E-state index contributed by atoms with van der Waals surface area (Å²) in [4.78, 5) is 17.1. The number of hydrogen-bond acceptors (Lipinski definition) is 3. The van der Waals surface area contributed by atoms with Crippen molar-refractivity contribution in [2.45, 2.75) is 6.54 Å². The molecular formula is C23H24N2O2. The molecule has 0 saturated carbocycles. The summed E-state index contributed by atoms with van der Waals surface area (Å²) in [6.45, 7) is 4.01. The maximum absolute atomic E-state index is 13.0. The minimum absolute atomic E-state index is 0.0454. The lowest BCUT2D eigenvalue weighted by Crippen LogP contribution is -2.36. The molecule has 27 heavy (non-hydrogen) atoms. The molecule has 0 aliphatic carbocycles. The fourth-order valence-corrected chi connectivity index (χ4v) is 3.60. The highest BCUT2D eigenvalue weighted by Crippen LogP contribution is 2.21. The Balaban J connectivity index is 1.48. The summed E-state index contributed by atoms with van der Waals surface area (Å²) in [5, 5.41) is 2.09. The van der Waals surface area contributed by atoms with Crippen LogP contribution in [0.4, 0.5) is 5.69 Å². The van der Waals surface area contributed by atoms with Crippen LogP contribution in [-0.4, -0.2) is 44.2 Å². The molecule has 0 spiro atoms. The second-order valence-corrected chi connectivity index (χ2v) is 6.95. The first-order chi connectivity index (χ1) is 13.2. The van der Waals surface area contributed by atoms with Gasteiger partial charge in [0.15, 0.2) is 0 Å². The zero-order chi connectivity index (χ0) is 18.6. The van der Waals surface area contributed by atoms with Crippen molar-refractivity contribution in [3.8, 4) is 0 Å². The fourth-order valence-electron chi connectivity index (χ4n) is 3.60. The summed E-state index contributed by atoms with van der Waals surface area (Å²) >= 11 is 0. The van der Waals surface area contributed by atoms with Gasteiger partial charge in [0.2, 0.25) is 0 Å². The number of nitrogens with zero attached hydrogens (tertiary/aromatic N) is 2. The molecule has 1 aliphatic heterocycles. The highest BCUT2D eigenvalue weighted by molar-refractivity contribution is 6.06. The van der Waals surface area contributed by atoms with Gasteiger partial charge in [-0.3, -0.25) is 4.79 Å². The third-order valence-electron chi connectivity index (χ3n) is 5.10. The second-order valence-electron chi connectivity index (χ2n) is 6.95. The van der Waals surface area contributed by atoms with Crippen LogP contribution in [0.15, 0.2) is 66.7 Å². The standard InChI is InChI=1S/C23H24N2O2/c1-24(23(26)22-8-4-6-19-5-2-3-7-21(19)22)17-18-9-11-20(12-10-18)25-13-15-27-16-14-25/h2-12H,13-17H2,1H3. The van der Waals surface area contributed by atoms with Crippen LogP contribution >= 0.6 is 0 Å². The zero-order valence-corrected chi connectivity index (χ0v) is 15.6. The molecule has 0 aromatic heterocycles. The minimum atomic E-state index is 0.0454. The van der Waals surface area contributed by atoms with Gasteiger partial charge in [0, 0.05) is 37.9 Å². The van der Waals surface area contributed by atoms with Crippen molar-refractivity contribution in [1.29, 1.82) is 0 Å². The topological polar surface area (TPSA) is 32.8 Å². The first-order valence-electron chi connectivity index (χ1n) is 9.37. The first kappa shape index (κ1) is 17.6. The molecule has 138 valence electrons.